The summed E-state index contributed by atoms with van der Waals surface area (Å²) in [6.45, 7) is 1.02. The molecule has 2 saturated carbocycles. The standard InChI is InChI=1S/C16H22N4O2/c21-15(18-12-5-2-6-12)14-10-19(16(22)11-3-1-4-11)9-13-7-8-17-20(13)14/h7-8,11-12,14H,1-6,9-10H2,(H,18,21). The Kier molecular flexibility index (Phi) is 3.39. The summed E-state index contributed by atoms with van der Waals surface area (Å²) in [6, 6.07) is 1.83. The van der Waals surface area contributed by atoms with Gasteiger partial charge in [-0.25, -0.2) is 0 Å². The SMILES string of the molecule is O=C(NC1CCC1)C1CN(C(=O)C2CCC2)Cc2ccnn21. The second-order valence-electron chi connectivity index (χ2n) is 6.77. The van der Waals surface area contributed by atoms with Crippen molar-refractivity contribution in [2.24, 2.45) is 5.92 Å². The van der Waals surface area contributed by atoms with E-state index in [1.165, 1.54) is 6.42 Å². The number of nitrogens with one attached hydrogen (secondary N) is 1. The number of hydrogen-bond acceptors (Lipinski definition) is 3. The Bertz CT molecular complexity index is 589. The lowest BCUT2D eigenvalue weighted by molar-refractivity contribution is -0.141. The second kappa shape index (κ2) is 5.41. The van der Waals surface area contributed by atoms with E-state index in [1.807, 2.05) is 11.0 Å². The molecule has 0 saturated heterocycles. The highest BCUT2D eigenvalue weighted by atomic mass is 16.2. The fourth-order valence-electron chi connectivity index (χ4n) is 3.42. The topological polar surface area (TPSA) is 67.2 Å². The summed E-state index contributed by atoms with van der Waals surface area (Å²) in [6.07, 6.45) is 8.17. The van der Waals surface area contributed by atoms with Crippen molar-refractivity contribution in [3.05, 3.63) is 18.0 Å². The molecule has 0 bridgehead atoms. The molecular weight excluding hydrogens is 280 g/mol. The van der Waals surface area contributed by atoms with E-state index < -0.39 is 0 Å². The van der Waals surface area contributed by atoms with E-state index in [2.05, 4.69) is 10.4 Å². The summed E-state index contributed by atoms with van der Waals surface area (Å²) in [5.74, 6) is 0.380. The van der Waals surface area contributed by atoms with Gasteiger partial charge in [0.1, 0.15) is 6.04 Å². The molecule has 118 valence electrons. The number of carbonyl (C=O) groups is 2. The van der Waals surface area contributed by atoms with E-state index in [-0.39, 0.29) is 23.8 Å². The van der Waals surface area contributed by atoms with Crippen molar-refractivity contribution >= 4 is 11.8 Å². The zero-order valence-corrected chi connectivity index (χ0v) is 12.7. The molecule has 0 radical (unpaired) electrons. The average molecular weight is 302 g/mol. The molecule has 4 rings (SSSR count). The van der Waals surface area contributed by atoms with Crippen LogP contribution in [-0.4, -0.2) is 39.1 Å². The Labute approximate surface area is 129 Å². The van der Waals surface area contributed by atoms with Gasteiger partial charge in [-0.05, 0) is 38.2 Å². The molecule has 2 fully saturated rings. The van der Waals surface area contributed by atoms with Gasteiger partial charge in [-0.2, -0.15) is 5.10 Å². The van der Waals surface area contributed by atoms with Gasteiger partial charge in [0.15, 0.2) is 0 Å². The predicted molar refractivity (Wildman–Crippen MR) is 79.8 cm³/mol. The predicted octanol–water partition coefficient (Wildman–Crippen LogP) is 1.24. The van der Waals surface area contributed by atoms with Gasteiger partial charge in [0.2, 0.25) is 11.8 Å². The van der Waals surface area contributed by atoms with Gasteiger partial charge in [0, 0.05) is 18.2 Å². The van der Waals surface area contributed by atoms with Crippen molar-refractivity contribution in [1.29, 1.82) is 0 Å². The molecule has 6 heteroatoms. The molecule has 1 aromatic rings. The number of hydrogen-bond donors (Lipinski definition) is 1. The third-order valence-corrected chi connectivity index (χ3v) is 5.31. The third-order valence-electron chi connectivity index (χ3n) is 5.31. The Hall–Kier alpha value is -1.85. The van der Waals surface area contributed by atoms with Gasteiger partial charge in [0.25, 0.3) is 0 Å². The summed E-state index contributed by atoms with van der Waals surface area (Å²) < 4.78 is 1.79. The fraction of sp³-hybridized carbons (Fsp3) is 0.688. The monoisotopic (exact) mass is 302 g/mol. The molecule has 1 N–H and O–H groups in total. The molecular formula is C16H22N4O2. The van der Waals surface area contributed by atoms with Gasteiger partial charge in [-0.1, -0.05) is 6.42 Å². The molecule has 22 heavy (non-hydrogen) atoms. The first-order chi connectivity index (χ1) is 10.7. The van der Waals surface area contributed by atoms with Crippen LogP contribution in [0.5, 0.6) is 0 Å². The van der Waals surface area contributed by atoms with E-state index in [1.54, 1.807) is 10.9 Å². The third kappa shape index (κ3) is 2.30. The lowest BCUT2D eigenvalue weighted by Crippen LogP contribution is -2.51. The number of amides is 2. The summed E-state index contributed by atoms with van der Waals surface area (Å²) in [5.41, 5.74) is 0.952. The maximum atomic E-state index is 12.6. The van der Waals surface area contributed by atoms with E-state index in [4.69, 9.17) is 0 Å². The molecule has 6 nitrogen and oxygen atoms in total. The minimum atomic E-state index is -0.386. The number of carbonyl (C=O) groups excluding carboxylic acids is 2. The van der Waals surface area contributed by atoms with Crippen LogP contribution in [-0.2, 0) is 16.1 Å². The first-order valence-corrected chi connectivity index (χ1v) is 8.34. The number of aromatic nitrogens is 2. The first kappa shape index (κ1) is 13.8. The largest absolute Gasteiger partial charge is 0.351 e. The summed E-state index contributed by atoms with van der Waals surface area (Å²) in [7, 11) is 0. The maximum absolute atomic E-state index is 12.6. The normalized spacial score (nSPS) is 25.1. The molecule has 0 spiro atoms. The molecule has 2 amide bonds. The van der Waals surface area contributed by atoms with Gasteiger partial charge >= 0.3 is 0 Å². The lowest BCUT2D eigenvalue weighted by atomic mass is 9.84. The van der Waals surface area contributed by atoms with Crippen LogP contribution >= 0.6 is 0 Å². The van der Waals surface area contributed by atoms with Crippen LogP contribution in [0.1, 0.15) is 50.3 Å². The number of fused-ring (bicyclic) bond motifs is 1. The zero-order valence-electron chi connectivity index (χ0n) is 12.7. The molecule has 1 unspecified atom stereocenters. The highest BCUT2D eigenvalue weighted by Gasteiger charge is 2.37. The van der Waals surface area contributed by atoms with Gasteiger partial charge < -0.3 is 10.2 Å². The molecule has 1 aliphatic heterocycles. The Morgan fingerprint density at radius 2 is 1.95 bits per heavy atom. The van der Waals surface area contributed by atoms with E-state index in [9.17, 15) is 9.59 Å². The lowest BCUT2D eigenvalue weighted by Gasteiger charge is -2.38. The first-order valence-electron chi connectivity index (χ1n) is 8.34. The van der Waals surface area contributed by atoms with Crippen molar-refractivity contribution < 1.29 is 9.59 Å². The van der Waals surface area contributed by atoms with Crippen molar-refractivity contribution in [2.45, 2.75) is 57.2 Å². The maximum Gasteiger partial charge on any atom is 0.246 e. The van der Waals surface area contributed by atoms with Crippen LogP contribution in [0.2, 0.25) is 0 Å². The number of rotatable bonds is 3. The van der Waals surface area contributed by atoms with Crippen LogP contribution in [0.25, 0.3) is 0 Å². The van der Waals surface area contributed by atoms with Gasteiger partial charge in [-0.15, -0.1) is 0 Å². The van der Waals surface area contributed by atoms with Crippen LogP contribution in [0.15, 0.2) is 12.3 Å². The Morgan fingerprint density at radius 1 is 1.18 bits per heavy atom. The summed E-state index contributed by atoms with van der Waals surface area (Å²) in [5, 5.41) is 7.40. The van der Waals surface area contributed by atoms with Crippen LogP contribution in [0, 0.1) is 5.92 Å². The number of nitrogens with zero attached hydrogens (tertiary/aromatic N) is 3. The van der Waals surface area contributed by atoms with E-state index >= 15 is 0 Å². The highest BCUT2D eigenvalue weighted by molar-refractivity contribution is 5.84. The molecule has 2 aliphatic carbocycles. The van der Waals surface area contributed by atoms with E-state index in [0.29, 0.717) is 19.1 Å². The zero-order chi connectivity index (χ0) is 15.1. The molecule has 1 atom stereocenters. The van der Waals surface area contributed by atoms with Crippen molar-refractivity contribution in [3.63, 3.8) is 0 Å². The van der Waals surface area contributed by atoms with Crippen molar-refractivity contribution in [3.8, 4) is 0 Å². The van der Waals surface area contributed by atoms with Crippen molar-refractivity contribution in [2.75, 3.05) is 6.54 Å². The smallest absolute Gasteiger partial charge is 0.246 e. The molecule has 2 heterocycles. The van der Waals surface area contributed by atoms with E-state index in [0.717, 1.165) is 37.8 Å². The molecule has 0 aromatic carbocycles. The molecule has 1 aromatic heterocycles. The van der Waals surface area contributed by atoms with Crippen LogP contribution < -0.4 is 5.32 Å². The highest BCUT2D eigenvalue weighted by Crippen LogP contribution is 2.31. The minimum Gasteiger partial charge on any atom is -0.351 e. The van der Waals surface area contributed by atoms with Crippen molar-refractivity contribution in [1.82, 2.24) is 20.0 Å². The van der Waals surface area contributed by atoms with Crippen LogP contribution in [0.3, 0.4) is 0 Å². The average Bonchev–Trinajstić information content (AvgIpc) is 2.87. The van der Waals surface area contributed by atoms with Gasteiger partial charge in [-0.3, -0.25) is 14.3 Å². The second-order valence-corrected chi connectivity index (χ2v) is 6.77. The Balaban J connectivity index is 1.51. The fourth-order valence-corrected chi connectivity index (χ4v) is 3.42. The summed E-state index contributed by atoms with van der Waals surface area (Å²) >= 11 is 0. The minimum absolute atomic E-state index is 0.000703. The van der Waals surface area contributed by atoms with Crippen LogP contribution in [0.4, 0.5) is 0 Å². The molecule has 3 aliphatic rings. The van der Waals surface area contributed by atoms with Gasteiger partial charge in [0.05, 0.1) is 18.8 Å². The quantitative estimate of drug-likeness (QED) is 0.913. The Morgan fingerprint density at radius 3 is 2.59 bits per heavy atom. The summed E-state index contributed by atoms with van der Waals surface area (Å²) in [4.78, 5) is 27.0.